The molecule has 2 aromatic rings. The number of carbonyl (C=O) groups is 1. The van der Waals surface area contributed by atoms with E-state index in [1.54, 1.807) is 23.5 Å². The molecule has 1 N–H and O–H groups in total. The molecule has 110 valence electrons. The number of rotatable bonds is 2. The smallest absolute Gasteiger partial charge is 0.323 e. The van der Waals surface area contributed by atoms with Crippen molar-refractivity contribution in [3.05, 3.63) is 29.8 Å². The summed E-state index contributed by atoms with van der Waals surface area (Å²) in [5.41, 5.74) is 0.994. The number of aromatic nitrogens is 3. The number of nitrogens with one attached hydrogen (secondary N) is 1. The average Bonchev–Trinajstić information content (AvgIpc) is 2.93. The van der Waals surface area contributed by atoms with Gasteiger partial charge < -0.3 is 9.80 Å². The number of hydrogen-bond acceptors (Lipinski definition) is 6. The van der Waals surface area contributed by atoms with Crippen molar-refractivity contribution in [3.8, 4) is 0 Å². The first-order valence-electron chi connectivity index (χ1n) is 6.71. The van der Waals surface area contributed by atoms with E-state index in [9.17, 15) is 4.79 Å². The molecule has 7 nitrogen and oxygen atoms in total. The van der Waals surface area contributed by atoms with Gasteiger partial charge in [0.15, 0.2) is 5.13 Å². The molecular formula is C13H16N6OS. The second-order valence-corrected chi connectivity index (χ2v) is 6.01. The van der Waals surface area contributed by atoms with Crippen LogP contribution in [-0.4, -0.2) is 52.1 Å². The van der Waals surface area contributed by atoms with E-state index in [-0.39, 0.29) is 6.03 Å². The van der Waals surface area contributed by atoms with E-state index >= 15 is 0 Å². The molecule has 0 atom stereocenters. The molecular weight excluding hydrogens is 288 g/mol. The second kappa shape index (κ2) is 6.04. The number of thiazole rings is 1. The third-order valence-electron chi connectivity index (χ3n) is 3.31. The van der Waals surface area contributed by atoms with Crippen molar-refractivity contribution < 1.29 is 4.79 Å². The van der Waals surface area contributed by atoms with Crippen LogP contribution in [0.2, 0.25) is 0 Å². The second-order valence-electron chi connectivity index (χ2n) is 4.78. The Morgan fingerprint density at radius 3 is 2.52 bits per heavy atom. The van der Waals surface area contributed by atoms with Gasteiger partial charge in [0.25, 0.3) is 0 Å². The number of carbonyl (C=O) groups excluding carboxylic acids is 1. The molecule has 0 bridgehead atoms. The summed E-state index contributed by atoms with van der Waals surface area (Å²) in [7, 11) is 0. The first kappa shape index (κ1) is 13.7. The molecule has 0 saturated carbocycles. The lowest BCUT2D eigenvalue weighted by atomic mass is 10.3. The van der Waals surface area contributed by atoms with Gasteiger partial charge in [-0.2, -0.15) is 0 Å². The van der Waals surface area contributed by atoms with E-state index in [1.165, 1.54) is 17.7 Å². The van der Waals surface area contributed by atoms with Crippen LogP contribution in [0.1, 0.15) is 4.88 Å². The monoisotopic (exact) mass is 304 g/mol. The molecule has 0 radical (unpaired) electrons. The van der Waals surface area contributed by atoms with Crippen molar-refractivity contribution in [2.45, 2.75) is 6.92 Å². The molecule has 1 aliphatic rings. The maximum atomic E-state index is 12.2. The molecule has 2 aromatic heterocycles. The average molecular weight is 304 g/mol. The van der Waals surface area contributed by atoms with Gasteiger partial charge in [-0.05, 0) is 6.92 Å². The minimum absolute atomic E-state index is 0.0895. The van der Waals surface area contributed by atoms with E-state index < -0.39 is 0 Å². The van der Waals surface area contributed by atoms with Gasteiger partial charge >= 0.3 is 6.03 Å². The molecule has 3 rings (SSSR count). The Bertz CT molecular complexity index is 608. The zero-order chi connectivity index (χ0) is 14.7. The van der Waals surface area contributed by atoms with Crippen molar-refractivity contribution >= 4 is 28.2 Å². The van der Waals surface area contributed by atoms with Crippen molar-refractivity contribution in [1.82, 2.24) is 19.9 Å². The predicted octanol–water partition coefficient (Wildman–Crippen LogP) is 1.60. The Kier molecular flexibility index (Phi) is 3.96. The van der Waals surface area contributed by atoms with Crippen LogP contribution < -0.4 is 10.2 Å². The van der Waals surface area contributed by atoms with Crippen LogP contribution in [0.5, 0.6) is 0 Å². The highest BCUT2D eigenvalue weighted by Gasteiger charge is 2.22. The van der Waals surface area contributed by atoms with Gasteiger partial charge in [0, 0.05) is 37.3 Å². The lowest BCUT2D eigenvalue weighted by molar-refractivity contribution is 0.208. The van der Waals surface area contributed by atoms with Gasteiger partial charge in [0.05, 0.1) is 18.1 Å². The summed E-state index contributed by atoms with van der Waals surface area (Å²) in [5.74, 6) is 0. The Morgan fingerprint density at radius 2 is 1.90 bits per heavy atom. The lowest BCUT2D eigenvalue weighted by Crippen LogP contribution is -2.50. The minimum Gasteiger partial charge on any atom is -0.365 e. The summed E-state index contributed by atoms with van der Waals surface area (Å²) in [5, 5.41) is 3.49. The third-order valence-corrected chi connectivity index (χ3v) is 4.14. The van der Waals surface area contributed by atoms with Crippen LogP contribution >= 0.6 is 11.3 Å². The summed E-state index contributed by atoms with van der Waals surface area (Å²) in [6, 6.07) is -0.0895. The lowest BCUT2D eigenvalue weighted by Gasteiger charge is -2.35. The molecule has 2 amide bonds. The highest BCUT2D eigenvalue weighted by atomic mass is 32.1. The fraction of sp³-hybridized carbons (Fsp3) is 0.385. The first-order valence-corrected chi connectivity index (χ1v) is 7.52. The van der Waals surface area contributed by atoms with Gasteiger partial charge in [-0.3, -0.25) is 5.32 Å². The number of amides is 2. The number of piperazine rings is 1. The number of urea groups is 1. The quantitative estimate of drug-likeness (QED) is 0.912. The van der Waals surface area contributed by atoms with Crippen LogP contribution in [-0.2, 0) is 0 Å². The van der Waals surface area contributed by atoms with Crippen LogP contribution in [0.15, 0.2) is 24.9 Å². The fourth-order valence-corrected chi connectivity index (χ4v) is 2.86. The van der Waals surface area contributed by atoms with Crippen LogP contribution in [0.3, 0.4) is 0 Å². The highest BCUT2D eigenvalue weighted by molar-refractivity contribution is 7.15. The summed E-state index contributed by atoms with van der Waals surface area (Å²) < 4.78 is 0. The molecule has 3 heterocycles. The van der Waals surface area contributed by atoms with E-state index in [2.05, 4.69) is 25.2 Å². The van der Waals surface area contributed by atoms with Gasteiger partial charge in [0.2, 0.25) is 0 Å². The number of aryl methyl sites for hydroxylation is 1. The van der Waals surface area contributed by atoms with E-state index in [1.807, 2.05) is 6.92 Å². The standard InChI is InChI=1S/C13H16N6OS/c1-10-6-16-12(21-10)17-13(20)19-4-2-18(3-5-19)11-7-14-9-15-8-11/h6-9H,2-5H2,1H3,(H,16,17,20). The molecule has 1 aliphatic heterocycles. The summed E-state index contributed by atoms with van der Waals surface area (Å²) in [6.07, 6.45) is 6.86. The van der Waals surface area contributed by atoms with E-state index in [0.717, 1.165) is 23.7 Å². The maximum absolute atomic E-state index is 12.2. The van der Waals surface area contributed by atoms with E-state index in [0.29, 0.717) is 18.2 Å². The zero-order valence-electron chi connectivity index (χ0n) is 11.7. The number of anilines is 2. The molecule has 0 aliphatic carbocycles. The van der Waals surface area contributed by atoms with Crippen molar-refractivity contribution in [1.29, 1.82) is 0 Å². The summed E-state index contributed by atoms with van der Waals surface area (Å²) in [4.78, 5) is 29.4. The van der Waals surface area contributed by atoms with Crippen LogP contribution in [0.25, 0.3) is 0 Å². The molecule has 1 saturated heterocycles. The van der Waals surface area contributed by atoms with Gasteiger partial charge in [-0.1, -0.05) is 0 Å². The Morgan fingerprint density at radius 1 is 1.19 bits per heavy atom. The van der Waals surface area contributed by atoms with Crippen LogP contribution in [0, 0.1) is 6.92 Å². The molecule has 0 spiro atoms. The summed E-state index contributed by atoms with van der Waals surface area (Å²) >= 11 is 1.48. The van der Waals surface area contributed by atoms with Crippen molar-refractivity contribution in [2.75, 3.05) is 36.4 Å². The molecule has 0 unspecified atom stereocenters. The molecule has 0 aromatic carbocycles. The topological polar surface area (TPSA) is 74.2 Å². The van der Waals surface area contributed by atoms with Crippen molar-refractivity contribution in [3.63, 3.8) is 0 Å². The Hall–Kier alpha value is -2.22. The van der Waals surface area contributed by atoms with Gasteiger partial charge in [-0.15, -0.1) is 11.3 Å². The maximum Gasteiger partial charge on any atom is 0.323 e. The molecule has 1 fully saturated rings. The minimum atomic E-state index is -0.0895. The molecule has 8 heteroatoms. The first-order chi connectivity index (χ1) is 10.2. The molecule has 21 heavy (non-hydrogen) atoms. The largest absolute Gasteiger partial charge is 0.365 e. The van der Waals surface area contributed by atoms with Crippen molar-refractivity contribution in [2.24, 2.45) is 0 Å². The Labute approximate surface area is 126 Å². The zero-order valence-corrected chi connectivity index (χ0v) is 12.5. The highest BCUT2D eigenvalue weighted by Crippen LogP contribution is 2.18. The van der Waals surface area contributed by atoms with E-state index in [4.69, 9.17) is 0 Å². The predicted molar refractivity (Wildman–Crippen MR) is 81.7 cm³/mol. The Balaban J connectivity index is 1.54. The summed E-state index contributed by atoms with van der Waals surface area (Å²) in [6.45, 7) is 4.86. The SMILES string of the molecule is Cc1cnc(NC(=O)N2CCN(c3cncnc3)CC2)s1. The fourth-order valence-electron chi connectivity index (χ4n) is 2.21. The van der Waals surface area contributed by atoms with Crippen LogP contribution in [0.4, 0.5) is 15.6 Å². The number of nitrogens with zero attached hydrogens (tertiary/aromatic N) is 5. The number of hydrogen-bond donors (Lipinski definition) is 1. The van der Waals surface area contributed by atoms with Gasteiger partial charge in [0.1, 0.15) is 6.33 Å². The third kappa shape index (κ3) is 3.27. The normalized spacial score (nSPS) is 15.1. The van der Waals surface area contributed by atoms with Gasteiger partial charge in [-0.25, -0.2) is 19.7 Å².